The van der Waals surface area contributed by atoms with Crippen LogP contribution in [0.2, 0.25) is 5.02 Å². The van der Waals surface area contributed by atoms with Gasteiger partial charge in [-0.1, -0.05) is 18.5 Å². The van der Waals surface area contributed by atoms with Gasteiger partial charge in [-0.05, 0) is 30.2 Å². The Balaban J connectivity index is 2.89. The molecule has 1 amide bonds. The molecule has 0 bridgehead atoms. The van der Waals surface area contributed by atoms with E-state index < -0.39 is 0 Å². The van der Waals surface area contributed by atoms with Crippen LogP contribution in [-0.4, -0.2) is 38.1 Å². The molecule has 0 aliphatic heterocycles. The van der Waals surface area contributed by atoms with Crippen LogP contribution in [0.1, 0.15) is 25.3 Å². The van der Waals surface area contributed by atoms with Crippen molar-refractivity contribution in [1.82, 2.24) is 4.90 Å². The maximum Gasteiger partial charge on any atom is 0.246 e. The van der Waals surface area contributed by atoms with Crippen molar-refractivity contribution in [2.24, 2.45) is 0 Å². The normalized spacial score (nSPS) is 10.4. The van der Waals surface area contributed by atoms with Crippen molar-refractivity contribution in [1.29, 1.82) is 5.26 Å². The lowest BCUT2D eigenvalue weighted by Crippen LogP contribution is -2.25. The summed E-state index contributed by atoms with van der Waals surface area (Å²) in [5.74, 6) is 0.850. The summed E-state index contributed by atoms with van der Waals surface area (Å²) in [6.45, 7) is 2.95. The zero-order valence-corrected chi connectivity index (χ0v) is 14.4. The third-order valence-electron chi connectivity index (χ3n) is 3.06. The van der Waals surface area contributed by atoms with Crippen molar-refractivity contribution in [2.75, 3.05) is 27.3 Å². The second-order valence-corrected chi connectivity index (χ2v) is 5.29. The van der Waals surface area contributed by atoms with Crippen molar-refractivity contribution in [3.8, 4) is 17.6 Å². The first-order chi connectivity index (χ1) is 11.0. The molecule has 124 valence electrons. The molecular formula is C17H21ClN2O3. The van der Waals surface area contributed by atoms with Crippen LogP contribution in [0.4, 0.5) is 0 Å². The number of nitriles is 1. The summed E-state index contributed by atoms with van der Waals surface area (Å²) in [5, 5.41) is 8.97. The lowest BCUT2D eigenvalue weighted by molar-refractivity contribution is -0.124. The molecule has 0 N–H and O–H groups in total. The molecule has 0 unspecified atom stereocenters. The highest BCUT2D eigenvalue weighted by Crippen LogP contribution is 2.36. The molecular weight excluding hydrogens is 316 g/mol. The Morgan fingerprint density at radius 1 is 1.48 bits per heavy atom. The molecule has 0 atom stereocenters. The fourth-order valence-electron chi connectivity index (χ4n) is 1.80. The van der Waals surface area contributed by atoms with Gasteiger partial charge >= 0.3 is 0 Å². The van der Waals surface area contributed by atoms with Crippen LogP contribution in [0, 0.1) is 11.3 Å². The Labute approximate surface area is 142 Å². The van der Waals surface area contributed by atoms with Gasteiger partial charge in [-0.25, -0.2) is 0 Å². The maximum atomic E-state index is 11.9. The third kappa shape index (κ3) is 5.84. The summed E-state index contributed by atoms with van der Waals surface area (Å²) in [6.07, 6.45) is 4.27. The number of carbonyl (C=O) groups is 1. The molecule has 0 aromatic heterocycles. The van der Waals surface area contributed by atoms with Gasteiger partial charge in [-0.2, -0.15) is 5.26 Å². The van der Waals surface area contributed by atoms with E-state index in [4.69, 9.17) is 26.3 Å². The minimum absolute atomic E-state index is 0.179. The number of carbonyl (C=O) groups excluding carboxylic acids is 1. The van der Waals surface area contributed by atoms with E-state index in [0.717, 1.165) is 12.0 Å². The number of halogens is 1. The highest BCUT2D eigenvalue weighted by atomic mass is 35.5. The van der Waals surface area contributed by atoms with E-state index in [1.165, 1.54) is 11.0 Å². The molecule has 5 nitrogen and oxygen atoms in total. The van der Waals surface area contributed by atoms with Crippen molar-refractivity contribution in [3.05, 3.63) is 28.8 Å². The van der Waals surface area contributed by atoms with Gasteiger partial charge in [0.25, 0.3) is 0 Å². The maximum absolute atomic E-state index is 11.9. The number of benzene rings is 1. The molecule has 1 rings (SSSR count). The monoisotopic (exact) mass is 336 g/mol. The predicted octanol–water partition coefficient (Wildman–Crippen LogP) is 3.52. The van der Waals surface area contributed by atoms with E-state index >= 15 is 0 Å². The Morgan fingerprint density at radius 3 is 2.83 bits per heavy atom. The smallest absolute Gasteiger partial charge is 0.246 e. The summed E-state index contributed by atoms with van der Waals surface area (Å²) in [5.41, 5.74) is 0.734. The van der Waals surface area contributed by atoms with E-state index in [0.29, 0.717) is 36.1 Å². The van der Waals surface area contributed by atoms with Crippen LogP contribution in [0.15, 0.2) is 18.2 Å². The van der Waals surface area contributed by atoms with Crippen molar-refractivity contribution in [3.63, 3.8) is 0 Å². The third-order valence-corrected chi connectivity index (χ3v) is 3.34. The van der Waals surface area contributed by atoms with Gasteiger partial charge in [-0.3, -0.25) is 4.79 Å². The van der Waals surface area contributed by atoms with Crippen molar-refractivity contribution < 1.29 is 14.3 Å². The molecule has 6 heteroatoms. The number of nitrogens with zero attached hydrogens (tertiary/aromatic N) is 2. The Hall–Kier alpha value is -2.19. The zero-order valence-electron chi connectivity index (χ0n) is 13.6. The number of methoxy groups -OCH3 is 1. The number of ether oxygens (including phenoxy) is 2. The topological polar surface area (TPSA) is 62.6 Å². The van der Waals surface area contributed by atoms with Gasteiger partial charge in [0, 0.05) is 19.7 Å². The van der Waals surface area contributed by atoms with Gasteiger partial charge in [-0.15, -0.1) is 0 Å². The zero-order chi connectivity index (χ0) is 17.2. The molecule has 0 saturated carbocycles. The summed E-state index contributed by atoms with van der Waals surface area (Å²) in [4.78, 5) is 13.4. The first-order valence-electron chi connectivity index (χ1n) is 7.33. The van der Waals surface area contributed by atoms with Gasteiger partial charge in [0.1, 0.15) is 0 Å². The van der Waals surface area contributed by atoms with E-state index in [1.807, 2.05) is 13.0 Å². The molecule has 0 saturated heterocycles. The lowest BCUT2D eigenvalue weighted by Gasteiger charge is -2.13. The van der Waals surface area contributed by atoms with Gasteiger partial charge in [0.15, 0.2) is 11.5 Å². The van der Waals surface area contributed by atoms with Gasteiger partial charge in [0.2, 0.25) is 5.91 Å². The molecule has 0 radical (unpaired) electrons. The van der Waals surface area contributed by atoms with Crippen LogP contribution in [-0.2, 0) is 4.79 Å². The second-order valence-electron chi connectivity index (χ2n) is 4.88. The van der Waals surface area contributed by atoms with Crippen LogP contribution < -0.4 is 9.47 Å². The van der Waals surface area contributed by atoms with E-state index in [-0.39, 0.29) is 5.91 Å². The molecule has 0 spiro atoms. The summed E-state index contributed by atoms with van der Waals surface area (Å²) >= 11 is 6.23. The first-order valence-corrected chi connectivity index (χ1v) is 7.71. The van der Waals surface area contributed by atoms with Crippen LogP contribution >= 0.6 is 11.6 Å². The van der Waals surface area contributed by atoms with E-state index in [1.54, 1.807) is 32.4 Å². The molecule has 0 heterocycles. The highest BCUT2D eigenvalue weighted by Gasteiger charge is 2.11. The average molecular weight is 337 g/mol. The highest BCUT2D eigenvalue weighted by molar-refractivity contribution is 6.32. The number of hydrogen-bond donors (Lipinski definition) is 0. The van der Waals surface area contributed by atoms with Crippen LogP contribution in [0.5, 0.6) is 11.5 Å². The standard InChI is InChI=1S/C17H21ClN2O3/c1-4-10-23-17-14(18)11-13(12-15(17)22-3)6-7-16(21)20(2)9-5-8-19/h6-7,11-12H,4-5,9-10H2,1-3H3/b7-6+. The Bertz CT molecular complexity index is 609. The van der Waals surface area contributed by atoms with Crippen LogP contribution in [0.3, 0.4) is 0 Å². The number of hydrogen-bond acceptors (Lipinski definition) is 4. The minimum atomic E-state index is -0.179. The molecule has 23 heavy (non-hydrogen) atoms. The number of likely N-dealkylation sites (N-methyl/N-ethyl adjacent to an activating group) is 1. The van der Waals surface area contributed by atoms with Crippen molar-refractivity contribution in [2.45, 2.75) is 19.8 Å². The molecule has 1 aromatic carbocycles. The molecule has 0 fully saturated rings. The predicted molar refractivity (Wildman–Crippen MR) is 90.7 cm³/mol. The van der Waals surface area contributed by atoms with Crippen LogP contribution in [0.25, 0.3) is 6.08 Å². The van der Waals surface area contributed by atoms with Crippen molar-refractivity contribution >= 4 is 23.6 Å². The summed E-state index contributed by atoms with van der Waals surface area (Å²) < 4.78 is 10.9. The van der Waals surface area contributed by atoms with Gasteiger partial charge < -0.3 is 14.4 Å². The quantitative estimate of drug-likeness (QED) is 0.681. The molecule has 0 aliphatic rings. The molecule has 1 aromatic rings. The number of rotatable bonds is 8. The first kappa shape index (κ1) is 18.9. The van der Waals surface area contributed by atoms with E-state index in [2.05, 4.69) is 0 Å². The largest absolute Gasteiger partial charge is 0.493 e. The minimum Gasteiger partial charge on any atom is -0.493 e. The summed E-state index contributed by atoms with van der Waals surface area (Å²) in [7, 11) is 3.19. The SMILES string of the molecule is CCCOc1c(Cl)cc(/C=C/C(=O)N(C)CCC#N)cc1OC. The lowest BCUT2D eigenvalue weighted by atomic mass is 10.2. The van der Waals surface area contributed by atoms with Gasteiger partial charge in [0.05, 0.1) is 31.2 Å². The average Bonchev–Trinajstić information content (AvgIpc) is 2.55. The van der Waals surface area contributed by atoms with E-state index in [9.17, 15) is 4.79 Å². The number of amides is 1. The fraction of sp³-hybridized carbons (Fsp3) is 0.412. The summed E-state index contributed by atoms with van der Waals surface area (Å²) in [6, 6.07) is 5.48. The molecule has 0 aliphatic carbocycles. The second kappa shape index (κ2) is 9.75. The Kier molecular flexibility index (Phi) is 8.00. The Morgan fingerprint density at radius 2 is 2.22 bits per heavy atom. The fourth-order valence-corrected chi connectivity index (χ4v) is 2.08.